The first-order valence-corrected chi connectivity index (χ1v) is 20.7. The molecule has 2 aromatic carbocycles. The van der Waals surface area contributed by atoms with Gasteiger partial charge in [0, 0.05) is 18.4 Å². The van der Waals surface area contributed by atoms with E-state index in [2.05, 4.69) is 55.3 Å². The quantitative estimate of drug-likeness (QED) is 0.123. The molecule has 4 aliphatic rings. The Morgan fingerprint density at radius 3 is 2.44 bits per heavy atom. The molecule has 4 aliphatic carbocycles. The Balaban J connectivity index is 0.995. The van der Waals surface area contributed by atoms with Crippen LogP contribution in [0, 0.1) is 60.2 Å². The van der Waals surface area contributed by atoms with Crippen molar-refractivity contribution in [2.45, 2.75) is 130 Å². The third kappa shape index (κ3) is 7.07. The maximum atomic E-state index is 12.8. The van der Waals surface area contributed by atoms with Gasteiger partial charge in [-0.3, -0.25) is 9.78 Å². The van der Waals surface area contributed by atoms with Crippen molar-refractivity contribution in [3.05, 3.63) is 70.4 Å². The average molecular weight is 755 g/mol. The first-order chi connectivity index (χ1) is 26.1. The minimum Gasteiger partial charge on any atom is -0.481 e. The molecule has 55 heavy (non-hydrogen) atoms. The normalized spacial score (nSPS) is 34.7. The molecular weight excluding hydrogens is 693 g/mol. The number of aryl methyl sites for hydroxylation is 3. The molecule has 7 rings (SSSR count). The number of anilines is 1. The monoisotopic (exact) mass is 754 g/mol. The molecule has 9 nitrogen and oxygen atoms in total. The number of carbonyl (C=O) groups excluding carboxylic acids is 1. The summed E-state index contributed by atoms with van der Waals surface area (Å²) in [6, 6.07) is 14.4. The fourth-order valence-corrected chi connectivity index (χ4v) is 12.5. The van der Waals surface area contributed by atoms with Gasteiger partial charge in [-0.2, -0.15) is 0 Å². The Labute approximate surface area is 326 Å². The van der Waals surface area contributed by atoms with Crippen molar-refractivity contribution in [3.8, 4) is 0 Å². The molecule has 1 aromatic heterocycles. The lowest BCUT2D eigenvalue weighted by molar-refractivity contribution is -0.216. The number of benzene rings is 2. The number of hydrogen-bond acceptors (Lipinski definition) is 8. The number of pyridine rings is 1. The number of aromatic nitrogens is 1. The third-order valence-electron chi connectivity index (χ3n) is 15.7. The van der Waals surface area contributed by atoms with Gasteiger partial charge in [-0.05, 0) is 147 Å². The maximum Gasteiger partial charge on any atom is 0.341 e. The summed E-state index contributed by atoms with van der Waals surface area (Å²) >= 11 is 0. The molecule has 5 N–H and O–H groups in total. The number of methoxy groups -OCH3 is 1. The van der Waals surface area contributed by atoms with Crippen molar-refractivity contribution in [3.63, 3.8) is 0 Å². The van der Waals surface area contributed by atoms with Crippen molar-refractivity contribution in [2.24, 2.45) is 46.3 Å². The second kappa shape index (κ2) is 15.1. The van der Waals surface area contributed by atoms with Gasteiger partial charge in [0.25, 0.3) is 0 Å². The highest BCUT2D eigenvalue weighted by Crippen LogP contribution is 2.69. The van der Waals surface area contributed by atoms with E-state index in [4.69, 9.17) is 4.74 Å². The van der Waals surface area contributed by atoms with Crippen LogP contribution in [0.3, 0.4) is 0 Å². The third-order valence-corrected chi connectivity index (χ3v) is 15.7. The zero-order valence-electron chi connectivity index (χ0n) is 33.6. The lowest BCUT2D eigenvalue weighted by Crippen LogP contribution is -2.63. The summed E-state index contributed by atoms with van der Waals surface area (Å²) in [5, 5.41) is 49.6. The summed E-state index contributed by atoms with van der Waals surface area (Å²) in [6.45, 7) is 11.1. The molecule has 1 heterocycles. The van der Waals surface area contributed by atoms with Gasteiger partial charge in [0.2, 0.25) is 0 Å². The van der Waals surface area contributed by atoms with Gasteiger partial charge >= 0.3 is 11.9 Å². The molecule has 4 saturated carbocycles. The number of aliphatic hydroxyl groups is 3. The molecule has 0 amide bonds. The van der Waals surface area contributed by atoms with Gasteiger partial charge in [0.1, 0.15) is 5.56 Å². The summed E-state index contributed by atoms with van der Waals surface area (Å²) < 4.78 is 5.13. The molecule has 11 atom stereocenters. The smallest absolute Gasteiger partial charge is 0.341 e. The lowest BCUT2D eigenvalue weighted by atomic mass is 9.42. The number of hydrogen-bond donors (Lipinski definition) is 5. The van der Waals surface area contributed by atoms with Crippen LogP contribution in [0.5, 0.6) is 0 Å². The summed E-state index contributed by atoms with van der Waals surface area (Å²) in [7, 11) is 1.39. The van der Waals surface area contributed by atoms with Gasteiger partial charge in [-0.1, -0.05) is 57.2 Å². The number of carboxylic acid groups (broad SMARTS) is 1. The van der Waals surface area contributed by atoms with Crippen molar-refractivity contribution < 1.29 is 34.8 Å². The Kier molecular flexibility index (Phi) is 10.9. The Morgan fingerprint density at radius 2 is 1.73 bits per heavy atom. The standard InChI is InChI=1S/C46H62N2O7/c1-26(10-17-38(51)52)32-15-16-33-41-34(23-37(50)45(32,33)5)44(4)20-21-46(54,24-31(44)22-36(41)49)19-18-29-11-13-30(14-12-29)25-47-42-39-27(2)8-7-9-35(39)48-28(3)40(42)43(53)55-6/h7-9,11-14,26,31-34,36-37,41,49-50,54H,10,15-25H2,1-6H3,(H,47,48)(H,51,52)/t26?,31?,32-,33?,34?,36-,37+,41?,44+,45-,46-/m1/s1. The van der Waals surface area contributed by atoms with E-state index in [1.165, 1.54) is 7.11 Å². The van der Waals surface area contributed by atoms with E-state index >= 15 is 0 Å². The van der Waals surface area contributed by atoms with E-state index in [-0.39, 0.29) is 52.8 Å². The average Bonchev–Trinajstić information content (AvgIpc) is 3.51. The van der Waals surface area contributed by atoms with Crippen LogP contribution in [0.25, 0.3) is 10.9 Å². The molecule has 0 aliphatic heterocycles. The molecule has 298 valence electrons. The highest BCUT2D eigenvalue weighted by atomic mass is 16.5. The summed E-state index contributed by atoms with van der Waals surface area (Å²) in [5.41, 5.74) is 4.71. The van der Waals surface area contributed by atoms with Gasteiger partial charge in [-0.15, -0.1) is 0 Å². The second-order valence-corrected chi connectivity index (χ2v) is 18.5. The fourth-order valence-electron chi connectivity index (χ4n) is 12.5. The number of carbonyl (C=O) groups is 2. The van der Waals surface area contributed by atoms with Crippen molar-refractivity contribution >= 4 is 28.5 Å². The molecule has 5 unspecified atom stereocenters. The minimum atomic E-state index is -0.806. The predicted octanol–water partition coefficient (Wildman–Crippen LogP) is 8.02. The summed E-state index contributed by atoms with van der Waals surface area (Å²) in [4.78, 5) is 28.9. The van der Waals surface area contributed by atoms with Gasteiger partial charge in [-0.25, -0.2) is 4.79 Å². The highest BCUT2D eigenvalue weighted by molar-refractivity contribution is 6.07. The number of fused-ring (bicyclic) bond motifs is 6. The zero-order valence-corrected chi connectivity index (χ0v) is 33.6. The molecule has 0 bridgehead atoms. The molecular formula is C46H62N2O7. The van der Waals surface area contributed by atoms with E-state index in [0.29, 0.717) is 49.9 Å². The first-order valence-electron chi connectivity index (χ1n) is 20.7. The maximum absolute atomic E-state index is 12.8. The van der Waals surface area contributed by atoms with Crippen molar-refractivity contribution in [1.82, 2.24) is 4.98 Å². The zero-order chi connectivity index (χ0) is 39.4. The SMILES string of the molecule is COC(=O)c1c(C)nc2cccc(C)c2c1NCc1ccc(CC[C@@]2(O)CC[C@@]3(C)C(C[C@@H](O)C4C3C[C@H](O)[C@@]3(C)C4CC[C@@H]3C(C)CCC(=O)O)C2)cc1. The molecule has 0 spiro atoms. The number of ether oxygens (including phenoxy) is 1. The predicted molar refractivity (Wildman–Crippen MR) is 214 cm³/mol. The van der Waals surface area contributed by atoms with Gasteiger partial charge in [0.15, 0.2) is 0 Å². The second-order valence-electron chi connectivity index (χ2n) is 18.5. The molecule has 0 radical (unpaired) electrons. The highest BCUT2D eigenvalue weighted by Gasteiger charge is 2.66. The molecule has 4 fully saturated rings. The van der Waals surface area contributed by atoms with Crippen LogP contribution in [0.1, 0.15) is 118 Å². The van der Waals surface area contributed by atoms with Crippen LogP contribution in [-0.2, 0) is 22.5 Å². The van der Waals surface area contributed by atoms with Crippen LogP contribution in [-0.4, -0.2) is 62.3 Å². The topological polar surface area (TPSA) is 149 Å². The minimum absolute atomic E-state index is 0.0505. The van der Waals surface area contributed by atoms with Crippen LogP contribution in [0.4, 0.5) is 5.69 Å². The number of aliphatic carboxylic acids is 1. The number of aliphatic hydroxyl groups excluding tert-OH is 2. The Hall–Kier alpha value is -3.53. The summed E-state index contributed by atoms with van der Waals surface area (Å²) in [5.74, 6) is 0.0124. The Bertz CT molecular complexity index is 1910. The van der Waals surface area contributed by atoms with Gasteiger partial charge in [0.05, 0.1) is 41.8 Å². The first kappa shape index (κ1) is 39.7. The van der Waals surface area contributed by atoms with Crippen LogP contribution >= 0.6 is 0 Å². The van der Waals surface area contributed by atoms with E-state index in [1.807, 2.05) is 32.0 Å². The number of carboxylic acids is 1. The number of nitrogens with zero attached hydrogens (tertiary/aromatic N) is 1. The van der Waals surface area contributed by atoms with Gasteiger partial charge < -0.3 is 30.5 Å². The van der Waals surface area contributed by atoms with E-state index in [9.17, 15) is 30.0 Å². The molecule has 0 saturated heterocycles. The Morgan fingerprint density at radius 1 is 1.00 bits per heavy atom. The van der Waals surface area contributed by atoms with E-state index < -0.39 is 29.7 Å². The molecule has 3 aromatic rings. The number of nitrogens with one attached hydrogen (secondary N) is 1. The summed E-state index contributed by atoms with van der Waals surface area (Å²) in [6.07, 6.45) is 6.82. The lowest BCUT2D eigenvalue weighted by Gasteiger charge is -2.64. The number of esters is 1. The van der Waals surface area contributed by atoms with Crippen molar-refractivity contribution in [1.29, 1.82) is 0 Å². The fraction of sp³-hybridized carbons (Fsp3) is 0.630. The molecule has 9 heteroatoms. The van der Waals surface area contributed by atoms with Crippen LogP contribution in [0.2, 0.25) is 0 Å². The van der Waals surface area contributed by atoms with E-state index in [0.717, 1.165) is 65.4 Å². The number of rotatable bonds is 11. The van der Waals surface area contributed by atoms with Crippen LogP contribution in [0.15, 0.2) is 42.5 Å². The van der Waals surface area contributed by atoms with E-state index in [1.54, 1.807) is 0 Å². The van der Waals surface area contributed by atoms with Crippen molar-refractivity contribution in [2.75, 3.05) is 12.4 Å². The van der Waals surface area contributed by atoms with Crippen LogP contribution < -0.4 is 5.32 Å². The largest absolute Gasteiger partial charge is 0.481 e.